The van der Waals surface area contributed by atoms with Crippen LogP contribution >= 0.6 is 11.6 Å². The van der Waals surface area contributed by atoms with Crippen molar-refractivity contribution in [2.75, 3.05) is 25.0 Å². The number of halogens is 1. The van der Waals surface area contributed by atoms with Gasteiger partial charge in [0.2, 0.25) is 5.95 Å². The van der Waals surface area contributed by atoms with Crippen LogP contribution in [0.3, 0.4) is 0 Å². The highest BCUT2D eigenvalue weighted by Crippen LogP contribution is 2.19. The second-order valence-corrected chi connectivity index (χ2v) is 7.23. The van der Waals surface area contributed by atoms with Gasteiger partial charge in [-0.2, -0.15) is 0 Å². The third-order valence-electron chi connectivity index (χ3n) is 4.94. The molecule has 0 amide bonds. The van der Waals surface area contributed by atoms with Crippen LogP contribution in [0.1, 0.15) is 29.7 Å². The minimum Gasteiger partial charge on any atom is -0.376 e. The Balaban J connectivity index is 1.29. The van der Waals surface area contributed by atoms with E-state index in [0.717, 1.165) is 67.7 Å². The summed E-state index contributed by atoms with van der Waals surface area (Å²) >= 11 is 5.95. The van der Waals surface area contributed by atoms with Gasteiger partial charge in [-0.15, -0.1) is 0 Å². The number of fused-ring (bicyclic) bond motifs is 1. The number of aromatic nitrogens is 2. The maximum absolute atomic E-state index is 5.95. The van der Waals surface area contributed by atoms with Crippen molar-refractivity contribution in [3.05, 3.63) is 52.3 Å². The molecule has 5 nitrogen and oxygen atoms in total. The predicted molar refractivity (Wildman–Crippen MR) is 98.8 cm³/mol. The number of ether oxygens (including phenoxy) is 1. The van der Waals surface area contributed by atoms with E-state index in [0.29, 0.717) is 12.6 Å². The highest BCUT2D eigenvalue weighted by Gasteiger charge is 2.20. The number of likely N-dealkylation sites (tertiary alicyclic amines) is 1. The summed E-state index contributed by atoms with van der Waals surface area (Å²) < 4.78 is 5.44. The molecule has 1 fully saturated rings. The minimum atomic E-state index is 0.444. The van der Waals surface area contributed by atoms with E-state index in [9.17, 15) is 0 Å². The van der Waals surface area contributed by atoms with E-state index >= 15 is 0 Å². The molecule has 0 saturated carbocycles. The van der Waals surface area contributed by atoms with Crippen molar-refractivity contribution in [3.8, 4) is 0 Å². The fourth-order valence-electron chi connectivity index (χ4n) is 3.47. The number of hydrogen-bond donors (Lipinski definition) is 1. The van der Waals surface area contributed by atoms with Gasteiger partial charge in [-0.25, -0.2) is 9.97 Å². The summed E-state index contributed by atoms with van der Waals surface area (Å²) in [7, 11) is 0. The molecule has 2 aliphatic rings. The van der Waals surface area contributed by atoms with Crippen molar-refractivity contribution >= 4 is 17.5 Å². The Hall–Kier alpha value is -1.69. The molecule has 1 aromatic heterocycles. The second-order valence-electron chi connectivity index (χ2n) is 6.79. The molecule has 0 atom stereocenters. The molecule has 1 aromatic carbocycles. The molecule has 3 heterocycles. The van der Waals surface area contributed by atoms with Gasteiger partial charge in [0.05, 0.1) is 18.9 Å². The van der Waals surface area contributed by atoms with Crippen molar-refractivity contribution in [3.63, 3.8) is 0 Å². The fraction of sp³-hybridized carbons (Fsp3) is 0.474. The lowest BCUT2D eigenvalue weighted by molar-refractivity contribution is 0.109. The number of benzene rings is 1. The Labute approximate surface area is 153 Å². The number of piperidine rings is 1. The Kier molecular flexibility index (Phi) is 5.15. The smallest absolute Gasteiger partial charge is 0.223 e. The molecule has 1 saturated heterocycles. The minimum absolute atomic E-state index is 0.444. The summed E-state index contributed by atoms with van der Waals surface area (Å²) in [5.41, 5.74) is 3.56. The molecule has 2 aromatic rings. The van der Waals surface area contributed by atoms with Crippen molar-refractivity contribution in [2.45, 2.75) is 38.5 Å². The maximum atomic E-state index is 5.95. The van der Waals surface area contributed by atoms with E-state index in [1.54, 1.807) is 0 Å². The first-order valence-corrected chi connectivity index (χ1v) is 9.30. The second kappa shape index (κ2) is 7.68. The van der Waals surface area contributed by atoms with Crippen LogP contribution in [0.4, 0.5) is 5.95 Å². The topological polar surface area (TPSA) is 50.3 Å². The normalized spacial score (nSPS) is 18.8. The molecule has 0 bridgehead atoms. The average molecular weight is 359 g/mol. The largest absolute Gasteiger partial charge is 0.376 e. The summed E-state index contributed by atoms with van der Waals surface area (Å²) in [5.74, 6) is 0.761. The Morgan fingerprint density at radius 2 is 2.00 bits per heavy atom. The highest BCUT2D eigenvalue weighted by molar-refractivity contribution is 6.30. The van der Waals surface area contributed by atoms with E-state index in [4.69, 9.17) is 16.3 Å². The number of anilines is 1. The number of rotatable bonds is 4. The highest BCUT2D eigenvalue weighted by atomic mass is 35.5. The standard InChI is InChI=1S/C19H23ClN4O/c20-16-3-1-14(2-4-16)12-24-8-5-17(6-9-24)22-19-21-11-15-13-25-10-7-18(15)23-19/h1-4,11,17H,5-10,12-13H2,(H,21,22,23). The van der Waals surface area contributed by atoms with Gasteiger partial charge in [-0.1, -0.05) is 23.7 Å². The molecule has 1 N–H and O–H groups in total. The predicted octanol–water partition coefficient (Wildman–Crippen LogP) is 3.28. The maximum Gasteiger partial charge on any atom is 0.223 e. The van der Waals surface area contributed by atoms with Crippen LogP contribution in [0, 0.1) is 0 Å². The first-order valence-electron chi connectivity index (χ1n) is 8.92. The van der Waals surface area contributed by atoms with Gasteiger partial charge in [0.15, 0.2) is 0 Å². The molecular formula is C19H23ClN4O. The van der Waals surface area contributed by atoms with E-state index in [-0.39, 0.29) is 0 Å². The van der Waals surface area contributed by atoms with Gasteiger partial charge < -0.3 is 10.1 Å². The van der Waals surface area contributed by atoms with Crippen LogP contribution < -0.4 is 5.32 Å². The molecule has 0 radical (unpaired) electrons. The first kappa shape index (κ1) is 16.8. The van der Waals surface area contributed by atoms with Crippen LogP contribution in [0.2, 0.25) is 5.02 Å². The summed E-state index contributed by atoms with van der Waals surface area (Å²) in [5, 5.41) is 4.31. The number of nitrogens with zero attached hydrogens (tertiary/aromatic N) is 3. The summed E-state index contributed by atoms with van der Waals surface area (Å²) in [6, 6.07) is 8.58. The monoisotopic (exact) mass is 358 g/mol. The van der Waals surface area contributed by atoms with Crippen LogP contribution in [0.25, 0.3) is 0 Å². The van der Waals surface area contributed by atoms with Crippen molar-refractivity contribution < 1.29 is 4.74 Å². The lowest BCUT2D eigenvalue weighted by Crippen LogP contribution is -2.39. The third-order valence-corrected chi connectivity index (χ3v) is 5.19. The zero-order valence-corrected chi connectivity index (χ0v) is 15.0. The Morgan fingerprint density at radius 3 is 2.80 bits per heavy atom. The van der Waals surface area contributed by atoms with Crippen molar-refractivity contribution in [1.82, 2.24) is 14.9 Å². The first-order chi connectivity index (χ1) is 12.3. The van der Waals surface area contributed by atoms with Gasteiger partial charge in [0, 0.05) is 48.9 Å². The van der Waals surface area contributed by atoms with Crippen molar-refractivity contribution in [2.24, 2.45) is 0 Å². The summed E-state index contributed by atoms with van der Waals surface area (Å²) in [6.07, 6.45) is 5.00. The molecule has 0 aliphatic carbocycles. The van der Waals surface area contributed by atoms with Gasteiger partial charge in [0.1, 0.15) is 0 Å². The molecule has 0 unspecified atom stereocenters. The average Bonchev–Trinajstić information content (AvgIpc) is 2.65. The van der Waals surface area contributed by atoms with Gasteiger partial charge >= 0.3 is 0 Å². The Morgan fingerprint density at radius 1 is 1.20 bits per heavy atom. The summed E-state index contributed by atoms with van der Waals surface area (Å²) in [4.78, 5) is 11.6. The van der Waals surface area contributed by atoms with Crippen LogP contribution in [-0.2, 0) is 24.3 Å². The lowest BCUT2D eigenvalue weighted by atomic mass is 10.0. The molecule has 4 rings (SSSR count). The number of hydrogen-bond acceptors (Lipinski definition) is 5. The van der Waals surface area contributed by atoms with Crippen LogP contribution in [-0.4, -0.2) is 40.6 Å². The quantitative estimate of drug-likeness (QED) is 0.909. The SMILES string of the molecule is Clc1ccc(CN2CCC(Nc3ncc4c(n3)CCOC4)CC2)cc1. The van der Waals surface area contributed by atoms with Crippen LogP contribution in [0.5, 0.6) is 0 Å². The zero-order chi connectivity index (χ0) is 17.1. The molecular weight excluding hydrogens is 336 g/mol. The molecule has 6 heteroatoms. The van der Waals surface area contributed by atoms with E-state index in [1.165, 1.54) is 5.56 Å². The van der Waals surface area contributed by atoms with E-state index < -0.39 is 0 Å². The number of nitrogens with one attached hydrogen (secondary N) is 1. The van der Waals surface area contributed by atoms with Crippen molar-refractivity contribution in [1.29, 1.82) is 0 Å². The third kappa shape index (κ3) is 4.29. The van der Waals surface area contributed by atoms with E-state index in [2.05, 4.69) is 32.3 Å². The van der Waals surface area contributed by atoms with Gasteiger partial charge in [0.25, 0.3) is 0 Å². The molecule has 2 aliphatic heterocycles. The van der Waals surface area contributed by atoms with Gasteiger partial charge in [-0.3, -0.25) is 4.90 Å². The van der Waals surface area contributed by atoms with Crippen LogP contribution in [0.15, 0.2) is 30.5 Å². The van der Waals surface area contributed by atoms with Gasteiger partial charge in [-0.05, 0) is 30.5 Å². The molecule has 0 spiro atoms. The summed E-state index contributed by atoms with van der Waals surface area (Å²) in [6.45, 7) is 4.54. The fourth-order valence-corrected chi connectivity index (χ4v) is 3.59. The molecule has 132 valence electrons. The Bertz CT molecular complexity index is 714. The van der Waals surface area contributed by atoms with E-state index in [1.807, 2.05) is 18.3 Å². The lowest BCUT2D eigenvalue weighted by Gasteiger charge is -2.32. The molecule has 25 heavy (non-hydrogen) atoms. The zero-order valence-electron chi connectivity index (χ0n) is 14.2.